The quantitative estimate of drug-likeness (QED) is 0.695. The van der Waals surface area contributed by atoms with E-state index in [4.69, 9.17) is 23.2 Å². The molecule has 0 saturated heterocycles. The van der Waals surface area contributed by atoms with E-state index in [2.05, 4.69) is 5.32 Å². The van der Waals surface area contributed by atoms with E-state index in [1.807, 2.05) is 13.8 Å². The molecule has 2 aromatic carbocycles. The van der Waals surface area contributed by atoms with Crippen LogP contribution in [-0.4, -0.2) is 29.8 Å². The molecule has 0 aliphatic rings. The Kier molecular flexibility index (Phi) is 7.25. The topological polar surface area (TPSA) is 49.4 Å². The Labute approximate surface area is 163 Å². The Morgan fingerprint density at radius 3 is 2.46 bits per heavy atom. The number of rotatable bonds is 6. The van der Waals surface area contributed by atoms with Crippen molar-refractivity contribution in [2.24, 2.45) is 0 Å². The van der Waals surface area contributed by atoms with Crippen molar-refractivity contribution >= 4 is 46.8 Å². The summed E-state index contributed by atoms with van der Waals surface area (Å²) in [5.74, 6) is -0.388. The number of hydrogen-bond donors (Lipinski definition) is 1. The summed E-state index contributed by atoms with van der Waals surface area (Å²) in [6, 6.07) is 12.1. The maximum Gasteiger partial charge on any atom is 0.253 e. The van der Waals surface area contributed by atoms with Gasteiger partial charge in [0, 0.05) is 30.4 Å². The Bertz CT molecular complexity index is 830. The molecule has 0 aromatic heterocycles. The molecule has 0 bridgehead atoms. The van der Waals surface area contributed by atoms with Crippen LogP contribution in [0.25, 0.3) is 6.08 Å². The molecule has 0 unspecified atom stereocenters. The highest BCUT2D eigenvalue weighted by Gasteiger charge is 2.13. The van der Waals surface area contributed by atoms with Gasteiger partial charge in [0.1, 0.15) is 0 Å². The highest BCUT2D eigenvalue weighted by atomic mass is 35.5. The van der Waals surface area contributed by atoms with Gasteiger partial charge in [-0.25, -0.2) is 0 Å². The Morgan fingerprint density at radius 1 is 1.08 bits per heavy atom. The van der Waals surface area contributed by atoms with Gasteiger partial charge in [-0.05, 0) is 49.8 Å². The molecule has 0 fully saturated rings. The third kappa shape index (κ3) is 5.10. The first-order chi connectivity index (χ1) is 12.5. The van der Waals surface area contributed by atoms with E-state index in [0.717, 1.165) is 0 Å². The van der Waals surface area contributed by atoms with E-state index < -0.39 is 0 Å². The van der Waals surface area contributed by atoms with Gasteiger partial charge in [0.2, 0.25) is 5.91 Å². The molecule has 2 rings (SSSR count). The molecule has 136 valence electrons. The smallest absolute Gasteiger partial charge is 0.253 e. The molecule has 2 amide bonds. The van der Waals surface area contributed by atoms with E-state index in [1.54, 1.807) is 53.4 Å². The predicted octanol–water partition coefficient (Wildman–Crippen LogP) is 5.13. The van der Waals surface area contributed by atoms with Crippen molar-refractivity contribution in [1.29, 1.82) is 0 Å². The maximum atomic E-state index is 12.4. The molecule has 0 spiro atoms. The van der Waals surface area contributed by atoms with E-state index in [-0.39, 0.29) is 11.8 Å². The average molecular weight is 391 g/mol. The summed E-state index contributed by atoms with van der Waals surface area (Å²) in [6.45, 7) is 5.13. The van der Waals surface area contributed by atoms with Gasteiger partial charge in [0.05, 0.1) is 10.0 Å². The van der Waals surface area contributed by atoms with Crippen LogP contribution in [0.1, 0.15) is 29.8 Å². The van der Waals surface area contributed by atoms with Crippen molar-refractivity contribution < 1.29 is 9.59 Å². The van der Waals surface area contributed by atoms with Crippen LogP contribution >= 0.6 is 23.2 Å². The molecule has 0 radical (unpaired) electrons. The second-order valence-corrected chi connectivity index (χ2v) is 6.31. The van der Waals surface area contributed by atoms with Gasteiger partial charge in [-0.3, -0.25) is 9.59 Å². The lowest BCUT2D eigenvalue weighted by molar-refractivity contribution is -0.111. The number of nitrogens with one attached hydrogen (secondary N) is 1. The van der Waals surface area contributed by atoms with Crippen LogP contribution in [0.4, 0.5) is 5.69 Å². The van der Waals surface area contributed by atoms with Crippen molar-refractivity contribution in [1.82, 2.24) is 4.90 Å². The number of carbonyl (C=O) groups is 2. The molecule has 6 heteroatoms. The number of hydrogen-bond acceptors (Lipinski definition) is 2. The third-order valence-electron chi connectivity index (χ3n) is 3.82. The minimum absolute atomic E-state index is 0.0626. The minimum atomic E-state index is -0.325. The van der Waals surface area contributed by atoms with Crippen molar-refractivity contribution in [2.75, 3.05) is 18.4 Å². The summed E-state index contributed by atoms with van der Waals surface area (Å²) in [5.41, 5.74) is 1.74. The highest BCUT2D eigenvalue weighted by molar-refractivity contribution is 6.42. The van der Waals surface area contributed by atoms with Gasteiger partial charge < -0.3 is 10.2 Å². The summed E-state index contributed by atoms with van der Waals surface area (Å²) < 4.78 is 0. The van der Waals surface area contributed by atoms with Crippen LogP contribution in [0, 0.1) is 0 Å². The molecule has 0 heterocycles. The number of halogens is 2. The number of anilines is 1. The van der Waals surface area contributed by atoms with Crippen LogP contribution in [0.2, 0.25) is 10.0 Å². The van der Waals surface area contributed by atoms with Crippen LogP contribution in [0.5, 0.6) is 0 Å². The van der Waals surface area contributed by atoms with Gasteiger partial charge in [-0.1, -0.05) is 41.4 Å². The van der Waals surface area contributed by atoms with Crippen molar-refractivity contribution in [3.8, 4) is 0 Å². The van der Waals surface area contributed by atoms with E-state index in [0.29, 0.717) is 39.9 Å². The average Bonchev–Trinajstić information content (AvgIpc) is 2.64. The fourth-order valence-corrected chi connectivity index (χ4v) is 2.79. The standard InChI is InChI=1S/C20H20Cl2N2O2/c1-3-24(4-2)20(26)15-8-5-9-16(13-15)23-18(25)12-11-14-7-6-10-17(21)19(14)22/h5-13H,3-4H2,1-2H3,(H,23,25)/b12-11+. The normalized spacial score (nSPS) is 10.8. The summed E-state index contributed by atoms with van der Waals surface area (Å²) >= 11 is 12.0. The zero-order valence-electron chi connectivity index (χ0n) is 14.6. The second-order valence-electron chi connectivity index (χ2n) is 5.52. The van der Waals surface area contributed by atoms with Crippen molar-refractivity contribution in [3.05, 3.63) is 69.7 Å². The number of amides is 2. The lowest BCUT2D eigenvalue weighted by atomic mass is 10.1. The van der Waals surface area contributed by atoms with E-state index >= 15 is 0 Å². The monoisotopic (exact) mass is 390 g/mol. The van der Waals surface area contributed by atoms with Crippen molar-refractivity contribution in [3.63, 3.8) is 0 Å². The first-order valence-corrected chi connectivity index (χ1v) is 9.04. The van der Waals surface area contributed by atoms with Crippen LogP contribution in [-0.2, 0) is 4.79 Å². The fraction of sp³-hybridized carbons (Fsp3) is 0.200. The summed E-state index contributed by atoms with van der Waals surface area (Å²) in [4.78, 5) is 26.3. The number of carbonyl (C=O) groups excluding carboxylic acids is 2. The second kappa shape index (κ2) is 9.41. The highest BCUT2D eigenvalue weighted by Crippen LogP contribution is 2.26. The SMILES string of the molecule is CCN(CC)C(=O)c1cccc(NC(=O)/C=C/c2cccc(Cl)c2Cl)c1. The third-order valence-corrected chi connectivity index (χ3v) is 4.66. The van der Waals surface area contributed by atoms with Gasteiger partial charge in [-0.15, -0.1) is 0 Å². The molecule has 0 atom stereocenters. The summed E-state index contributed by atoms with van der Waals surface area (Å²) in [5, 5.41) is 3.57. The molecule has 0 saturated carbocycles. The number of nitrogens with zero attached hydrogens (tertiary/aromatic N) is 1. The molecule has 26 heavy (non-hydrogen) atoms. The predicted molar refractivity (Wildman–Crippen MR) is 108 cm³/mol. The van der Waals surface area contributed by atoms with Gasteiger partial charge in [0.15, 0.2) is 0 Å². The lowest BCUT2D eigenvalue weighted by Crippen LogP contribution is -2.30. The maximum absolute atomic E-state index is 12.4. The fourth-order valence-electron chi connectivity index (χ4n) is 2.42. The zero-order valence-corrected chi connectivity index (χ0v) is 16.1. The molecule has 0 aliphatic heterocycles. The van der Waals surface area contributed by atoms with Gasteiger partial charge in [0.25, 0.3) is 5.91 Å². The Morgan fingerprint density at radius 2 is 1.77 bits per heavy atom. The van der Waals surface area contributed by atoms with Gasteiger partial charge >= 0.3 is 0 Å². The Hall–Kier alpha value is -2.30. The first-order valence-electron chi connectivity index (χ1n) is 8.28. The molecular formula is C20H20Cl2N2O2. The molecule has 4 nitrogen and oxygen atoms in total. The minimum Gasteiger partial charge on any atom is -0.339 e. The molecule has 1 N–H and O–H groups in total. The van der Waals surface area contributed by atoms with Crippen molar-refractivity contribution in [2.45, 2.75) is 13.8 Å². The van der Waals surface area contributed by atoms with Crippen LogP contribution in [0.15, 0.2) is 48.5 Å². The van der Waals surface area contributed by atoms with E-state index in [9.17, 15) is 9.59 Å². The summed E-state index contributed by atoms with van der Waals surface area (Å²) in [6.07, 6.45) is 2.96. The zero-order chi connectivity index (χ0) is 19.1. The first kappa shape index (κ1) is 20.0. The summed E-state index contributed by atoms with van der Waals surface area (Å²) in [7, 11) is 0. The molecular weight excluding hydrogens is 371 g/mol. The van der Waals surface area contributed by atoms with Crippen LogP contribution < -0.4 is 5.32 Å². The lowest BCUT2D eigenvalue weighted by Gasteiger charge is -2.18. The van der Waals surface area contributed by atoms with Gasteiger partial charge in [-0.2, -0.15) is 0 Å². The largest absolute Gasteiger partial charge is 0.339 e. The van der Waals surface area contributed by atoms with Crippen LogP contribution in [0.3, 0.4) is 0 Å². The number of benzene rings is 2. The van der Waals surface area contributed by atoms with E-state index in [1.165, 1.54) is 6.08 Å². The molecule has 0 aliphatic carbocycles. The molecule has 2 aromatic rings. The Balaban J connectivity index is 2.10.